The van der Waals surface area contributed by atoms with E-state index >= 15 is 0 Å². The summed E-state index contributed by atoms with van der Waals surface area (Å²) in [7, 11) is 0. The number of amides is 3. The maximum Gasteiger partial charge on any atom is 0.246 e. The molecule has 0 bridgehead atoms. The van der Waals surface area contributed by atoms with Gasteiger partial charge in [0.1, 0.15) is 17.8 Å². The van der Waals surface area contributed by atoms with Crippen molar-refractivity contribution in [3.8, 4) is 16.2 Å². The molecule has 35 heavy (non-hydrogen) atoms. The number of aryl methyl sites for hydroxylation is 1. The second-order valence-corrected chi connectivity index (χ2v) is 10.8. The van der Waals surface area contributed by atoms with Crippen molar-refractivity contribution in [3.05, 3.63) is 35.0 Å². The Bertz CT molecular complexity index is 1080. The van der Waals surface area contributed by atoms with Crippen molar-refractivity contribution < 1.29 is 19.1 Å². The molecule has 0 radical (unpaired) electrons. The molecule has 2 N–H and O–H groups in total. The summed E-state index contributed by atoms with van der Waals surface area (Å²) in [6.07, 6.45) is 1.34. The van der Waals surface area contributed by atoms with Crippen LogP contribution in [-0.2, 0) is 20.9 Å². The Morgan fingerprint density at radius 1 is 1.29 bits per heavy atom. The van der Waals surface area contributed by atoms with Gasteiger partial charge in [0.2, 0.25) is 17.7 Å². The number of likely N-dealkylation sites (tertiary alicyclic amines) is 1. The molecule has 3 rings (SSSR count). The molecule has 0 unspecified atom stereocenters. The minimum absolute atomic E-state index is 0.198. The second kappa shape index (κ2) is 11.2. The van der Waals surface area contributed by atoms with Crippen LogP contribution in [0, 0.1) is 12.3 Å². The average Bonchev–Trinajstić information content (AvgIpc) is 3.44. The Morgan fingerprint density at radius 3 is 2.63 bits per heavy atom. The van der Waals surface area contributed by atoms with Crippen LogP contribution in [-0.4, -0.2) is 52.8 Å². The molecule has 1 fully saturated rings. The van der Waals surface area contributed by atoms with Gasteiger partial charge >= 0.3 is 0 Å². The maximum atomic E-state index is 13.3. The highest BCUT2D eigenvalue weighted by Gasteiger charge is 2.41. The topological polar surface area (TPSA) is 101 Å². The third kappa shape index (κ3) is 6.39. The van der Waals surface area contributed by atoms with Crippen LogP contribution in [0.5, 0.6) is 5.75 Å². The molecule has 2 aromatic rings. The van der Waals surface area contributed by atoms with E-state index in [1.807, 2.05) is 58.3 Å². The summed E-state index contributed by atoms with van der Waals surface area (Å²) in [6.45, 7) is 12.3. The summed E-state index contributed by atoms with van der Waals surface area (Å²) >= 11 is 1.58. The van der Waals surface area contributed by atoms with E-state index in [0.717, 1.165) is 33.9 Å². The zero-order chi connectivity index (χ0) is 25.8. The number of benzene rings is 1. The summed E-state index contributed by atoms with van der Waals surface area (Å²) < 4.78 is 5.87. The zero-order valence-corrected chi connectivity index (χ0v) is 22.3. The zero-order valence-electron chi connectivity index (χ0n) is 21.4. The monoisotopic (exact) mass is 500 g/mol. The van der Waals surface area contributed by atoms with Crippen molar-refractivity contribution in [3.63, 3.8) is 0 Å². The Hall–Kier alpha value is -2.94. The van der Waals surface area contributed by atoms with Crippen molar-refractivity contribution in [2.75, 3.05) is 13.2 Å². The van der Waals surface area contributed by atoms with Crippen LogP contribution in [0.2, 0.25) is 0 Å². The third-order valence-electron chi connectivity index (χ3n) is 6.13. The van der Waals surface area contributed by atoms with Crippen molar-refractivity contribution in [2.45, 2.75) is 73.0 Å². The SMILES string of the molecule is CCOc1cc(-c2scnc2C)ccc1CNC(=O)[C@@H]1CCCN1C(=O)[C@@H](NC(C)=O)C(C)(C)C. The van der Waals surface area contributed by atoms with E-state index in [1.165, 1.54) is 6.92 Å². The predicted molar refractivity (Wildman–Crippen MR) is 137 cm³/mol. The first kappa shape index (κ1) is 26.7. The molecule has 0 saturated carbocycles. The molecule has 1 aliphatic rings. The van der Waals surface area contributed by atoms with E-state index in [9.17, 15) is 14.4 Å². The van der Waals surface area contributed by atoms with Gasteiger partial charge in [-0.25, -0.2) is 4.98 Å². The smallest absolute Gasteiger partial charge is 0.246 e. The van der Waals surface area contributed by atoms with Crippen LogP contribution >= 0.6 is 11.3 Å². The van der Waals surface area contributed by atoms with Crippen LogP contribution < -0.4 is 15.4 Å². The standard InChI is InChI=1S/C26H36N4O4S/c1-7-34-21-13-18(22-16(2)28-15-35-22)10-11-19(21)14-27-24(32)20-9-8-12-30(20)25(33)23(26(4,5)6)29-17(3)31/h10-11,13,15,20,23H,7-9,12,14H2,1-6H3,(H,27,32)(H,29,31)/t20-,23+/m0/s1. The summed E-state index contributed by atoms with van der Waals surface area (Å²) in [5.41, 5.74) is 4.22. The van der Waals surface area contributed by atoms with Crippen molar-refractivity contribution in [1.29, 1.82) is 0 Å². The highest BCUT2D eigenvalue weighted by molar-refractivity contribution is 7.13. The number of rotatable bonds is 8. The molecule has 2 atom stereocenters. The molecule has 1 aliphatic heterocycles. The highest BCUT2D eigenvalue weighted by Crippen LogP contribution is 2.32. The molecule has 9 heteroatoms. The number of aromatic nitrogens is 1. The summed E-state index contributed by atoms with van der Waals surface area (Å²) in [5.74, 6) is 0.0376. The molecule has 3 amide bonds. The van der Waals surface area contributed by atoms with Gasteiger partial charge in [0.05, 0.1) is 22.7 Å². The fraction of sp³-hybridized carbons (Fsp3) is 0.538. The molecular weight excluding hydrogens is 464 g/mol. The first-order chi connectivity index (χ1) is 16.5. The predicted octanol–water partition coefficient (Wildman–Crippen LogP) is 3.68. The van der Waals surface area contributed by atoms with E-state index in [0.29, 0.717) is 26.1 Å². The molecule has 0 aliphatic carbocycles. The minimum atomic E-state index is -0.694. The van der Waals surface area contributed by atoms with Crippen LogP contribution in [0.4, 0.5) is 0 Å². The first-order valence-electron chi connectivity index (χ1n) is 12.0. The van der Waals surface area contributed by atoms with E-state index in [1.54, 1.807) is 16.2 Å². The number of hydrogen-bond acceptors (Lipinski definition) is 6. The number of carbonyl (C=O) groups excluding carboxylic acids is 3. The van der Waals surface area contributed by atoms with Gasteiger partial charge in [-0.05, 0) is 43.7 Å². The second-order valence-electron chi connectivity index (χ2n) is 9.93. The number of carbonyl (C=O) groups is 3. The molecule has 1 aromatic carbocycles. The highest BCUT2D eigenvalue weighted by atomic mass is 32.1. The number of nitrogens with one attached hydrogen (secondary N) is 2. The molecule has 2 heterocycles. The average molecular weight is 501 g/mol. The molecule has 190 valence electrons. The lowest BCUT2D eigenvalue weighted by atomic mass is 9.85. The normalized spacial score (nSPS) is 16.6. The molecule has 0 spiro atoms. The van der Waals surface area contributed by atoms with Gasteiger partial charge < -0.3 is 20.3 Å². The van der Waals surface area contributed by atoms with Crippen LogP contribution in [0.1, 0.15) is 58.7 Å². The Kier molecular flexibility index (Phi) is 8.53. The fourth-order valence-corrected chi connectivity index (χ4v) is 5.13. The number of nitrogens with zero attached hydrogens (tertiary/aromatic N) is 2. The van der Waals surface area contributed by atoms with Crippen molar-refractivity contribution >= 4 is 29.1 Å². The van der Waals surface area contributed by atoms with Crippen LogP contribution in [0.3, 0.4) is 0 Å². The lowest BCUT2D eigenvalue weighted by Crippen LogP contribution is -2.57. The van der Waals surface area contributed by atoms with Gasteiger partial charge in [-0.2, -0.15) is 0 Å². The van der Waals surface area contributed by atoms with Crippen LogP contribution in [0.15, 0.2) is 23.7 Å². The van der Waals surface area contributed by atoms with Gasteiger partial charge in [-0.3, -0.25) is 14.4 Å². The molecule has 1 aromatic heterocycles. The van der Waals surface area contributed by atoms with Gasteiger partial charge in [0, 0.05) is 25.6 Å². The maximum absolute atomic E-state index is 13.3. The lowest BCUT2D eigenvalue weighted by molar-refractivity contribution is -0.143. The summed E-state index contributed by atoms with van der Waals surface area (Å²) in [4.78, 5) is 45.2. The van der Waals surface area contributed by atoms with Crippen LogP contribution in [0.25, 0.3) is 10.4 Å². The van der Waals surface area contributed by atoms with Gasteiger partial charge in [0.25, 0.3) is 0 Å². The summed E-state index contributed by atoms with van der Waals surface area (Å²) in [6, 6.07) is 4.70. The number of thiazole rings is 1. The quantitative estimate of drug-likeness (QED) is 0.576. The molecule has 8 nitrogen and oxygen atoms in total. The lowest BCUT2D eigenvalue weighted by Gasteiger charge is -2.35. The minimum Gasteiger partial charge on any atom is -0.494 e. The van der Waals surface area contributed by atoms with Crippen molar-refractivity contribution in [1.82, 2.24) is 20.5 Å². The molecular formula is C26H36N4O4S. The number of hydrogen-bond donors (Lipinski definition) is 2. The Morgan fingerprint density at radius 2 is 2.03 bits per heavy atom. The summed E-state index contributed by atoms with van der Waals surface area (Å²) in [5, 5.41) is 5.77. The Labute approximate surface area is 211 Å². The fourth-order valence-electron chi connectivity index (χ4n) is 4.33. The Balaban J connectivity index is 1.73. The van der Waals surface area contributed by atoms with E-state index in [2.05, 4.69) is 15.6 Å². The van der Waals surface area contributed by atoms with Gasteiger partial charge in [-0.15, -0.1) is 11.3 Å². The van der Waals surface area contributed by atoms with E-state index in [-0.39, 0.29) is 17.7 Å². The van der Waals surface area contributed by atoms with E-state index < -0.39 is 17.5 Å². The molecule has 1 saturated heterocycles. The largest absolute Gasteiger partial charge is 0.494 e. The van der Waals surface area contributed by atoms with Gasteiger partial charge in [0.15, 0.2) is 0 Å². The third-order valence-corrected chi connectivity index (χ3v) is 7.10. The van der Waals surface area contributed by atoms with Crippen molar-refractivity contribution in [2.24, 2.45) is 5.41 Å². The van der Waals surface area contributed by atoms with E-state index in [4.69, 9.17) is 4.74 Å². The van der Waals surface area contributed by atoms with Gasteiger partial charge in [-0.1, -0.05) is 32.9 Å². The first-order valence-corrected chi connectivity index (χ1v) is 12.9. The number of ether oxygens (including phenoxy) is 1.